The quantitative estimate of drug-likeness (QED) is 0.382. The largest absolute Gasteiger partial charge is 0.457 e. The van der Waals surface area contributed by atoms with Crippen molar-refractivity contribution < 1.29 is 19.1 Å². The summed E-state index contributed by atoms with van der Waals surface area (Å²) in [4.78, 5) is 25.1. The lowest BCUT2D eigenvalue weighted by atomic mass is 10.2. The normalized spacial score (nSPS) is 11.3. The third kappa shape index (κ3) is 8.27. The highest BCUT2D eigenvalue weighted by Crippen LogP contribution is 2.22. The van der Waals surface area contributed by atoms with Gasteiger partial charge in [0.25, 0.3) is 0 Å². The van der Waals surface area contributed by atoms with Gasteiger partial charge in [-0.1, -0.05) is 54.6 Å². The van der Waals surface area contributed by atoms with Gasteiger partial charge in [0.15, 0.2) is 0 Å². The highest BCUT2D eigenvalue weighted by Gasteiger charge is 2.21. The van der Waals surface area contributed by atoms with Gasteiger partial charge in [0.1, 0.15) is 17.5 Å². The SMILES string of the molecule is C=CCCC(=O)NC(COCc1ccccc1)C(=O)Nc1ccc(Oc2ccccc2)cc1. The van der Waals surface area contributed by atoms with E-state index in [0.29, 0.717) is 24.5 Å². The average Bonchev–Trinajstić information content (AvgIpc) is 2.84. The zero-order valence-electron chi connectivity index (χ0n) is 18.4. The van der Waals surface area contributed by atoms with E-state index in [-0.39, 0.29) is 24.8 Å². The summed E-state index contributed by atoms with van der Waals surface area (Å²) in [5, 5.41) is 5.59. The van der Waals surface area contributed by atoms with Crippen molar-refractivity contribution in [1.29, 1.82) is 0 Å². The van der Waals surface area contributed by atoms with Gasteiger partial charge in [-0.3, -0.25) is 9.59 Å². The molecule has 33 heavy (non-hydrogen) atoms. The van der Waals surface area contributed by atoms with E-state index in [2.05, 4.69) is 17.2 Å². The second-order valence-electron chi connectivity index (χ2n) is 7.38. The van der Waals surface area contributed by atoms with E-state index in [1.54, 1.807) is 30.3 Å². The van der Waals surface area contributed by atoms with E-state index in [1.165, 1.54) is 0 Å². The van der Waals surface area contributed by atoms with Crippen molar-refractivity contribution in [2.75, 3.05) is 11.9 Å². The summed E-state index contributed by atoms with van der Waals surface area (Å²) in [6.07, 6.45) is 2.46. The first-order valence-electron chi connectivity index (χ1n) is 10.8. The van der Waals surface area contributed by atoms with Crippen molar-refractivity contribution in [2.45, 2.75) is 25.5 Å². The predicted octanol–water partition coefficient (Wildman–Crippen LogP) is 5.09. The average molecular weight is 445 g/mol. The number of hydrogen-bond acceptors (Lipinski definition) is 4. The zero-order valence-corrected chi connectivity index (χ0v) is 18.4. The number of anilines is 1. The standard InChI is InChI=1S/C27H28N2O4/c1-2-3-14-26(30)29-25(20-32-19-21-10-6-4-7-11-21)27(31)28-22-15-17-24(18-16-22)33-23-12-8-5-9-13-23/h2,4-13,15-18,25H,1,3,14,19-20H2,(H,28,31)(H,29,30). The van der Waals surface area contributed by atoms with Crippen LogP contribution in [0.1, 0.15) is 18.4 Å². The van der Waals surface area contributed by atoms with Gasteiger partial charge < -0.3 is 20.1 Å². The van der Waals surface area contributed by atoms with Gasteiger partial charge in [-0.05, 0) is 48.4 Å². The molecule has 0 spiro atoms. The highest BCUT2D eigenvalue weighted by molar-refractivity contribution is 5.97. The predicted molar refractivity (Wildman–Crippen MR) is 129 cm³/mol. The highest BCUT2D eigenvalue weighted by atomic mass is 16.5. The van der Waals surface area contributed by atoms with Crippen molar-refractivity contribution in [2.24, 2.45) is 0 Å². The van der Waals surface area contributed by atoms with Gasteiger partial charge in [-0.25, -0.2) is 0 Å². The van der Waals surface area contributed by atoms with E-state index in [9.17, 15) is 9.59 Å². The first-order valence-corrected chi connectivity index (χ1v) is 10.8. The fraction of sp³-hybridized carbons (Fsp3) is 0.185. The number of carbonyl (C=O) groups excluding carboxylic acids is 2. The number of para-hydroxylation sites is 1. The summed E-state index contributed by atoms with van der Waals surface area (Å²) in [6.45, 7) is 4.02. The van der Waals surface area contributed by atoms with Gasteiger partial charge in [-0.2, -0.15) is 0 Å². The van der Waals surface area contributed by atoms with Crippen LogP contribution >= 0.6 is 0 Å². The van der Waals surface area contributed by atoms with Crippen molar-refractivity contribution in [3.8, 4) is 11.5 Å². The maximum atomic E-state index is 12.9. The van der Waals surface area contributed by atoms with Crippen LogP contribution in [0.15, 0.2) is 97.6 Å². The van der Waals surface area contributed by atoms with Crippen LogP contribution < -0.4 is 15.4 Å². The molecule has 1 atom stereocenters. The molecule has 0 aliphatic rings. The van der Waals surface area contributed by atoms with E-state index in [1.807, 2.05) is 60.7 Å². The van der Waals surface area contributed by atoms with Crippen LogP contribution in [0.4, 0.5) is 5.69 Å². The van der Waals surface area contributed by atoms with Crippen molar-refractivity contribution in [1.82, 2.24) is 5.32 Å². The molecule has 6 nitrogen and oxygen atoms in total. The minimum atomic E-state index is -0.828. The van der Waals surface area contributed by atoms with Crippen molar-refractivity contribution in [3.05, 3.63) is 103 Å². The van der Waals surface area contributed by atoms with Crippen LogP contribution in [0, 0.1) is 0 Å². The molecule has 0 aromatic heterocycles. The Morgan fingerprint density at radius 2 is 1.52 bits per heavy atom. The topological polar surface area (TPSA) is 76.7 Å². The molecule has 0 fully saturated rings. The molecule has 0 saturated heterocycles. The second-order valence-corrected chi connectivity index (χ2v) is 7.38. The third-order valence-electron chi connectivity index (χ3n) is 4.72. The lowest BCUT2D eigenvalue weighted by Crippen LogP contribution is -2.46. The Morgan fingerprint density at radius 1 is 0.879 bits per heavy atom. The Morgan fingerprint density at radius 3 is 2.18 bits per heavy atom. The number of allylic oxidation sites excluding steroid dienone is 1. The van der Waals surface area contributed by atoms with Crippen molar-refractivity contribution >= 4 is 17.5 Å². The summed E-state index contributed by atoms with van der Waals surface area (Å²) in [7, 11) is 0. The summed E-state index contributed by atoms with van der Waals surface area (Å²) in [5.41, 5.74) is 1.58. The number of carbonyl (C=O) groups is 2. The fourth-order valence-corrected chi connectivity index (χ4v) is 3.01. The fourth-order valence-electron chi connectivity index (χ4n) is 3.01. The lowest BCUT2D eigenvalue weighted by molar-refractivity contribution is -0.127. The molecule has 6 heteroatoms. The Labute approximate surface area is 194 Å². The summed E-state index contributed by atoms with van der Waals surface area (Å²) in [6, 6.07) is 25.3. The van der Waals surface area contributed by atoms with Crippen LogP contribution in [0.25, 0.3) is 0 Å². The van der Waals surface area contributed by atoms with Gasteiger partial charge in [0.05, 0.1) is 13.2 Å². The number of amides is 2. The molecular weight excluding hydrogens is 416 g/mol. The molecule has 3 aromatic carbocycles. The van der Waals surface area contributed by atoms with Crippen LogP contribution in [-0.4, -0.2) is 24.5 Å². The molecule has 0 aliphatic carbocycles. The Kier molecular flexibility index (Phi) is 9.24. The van der Waals surface area contributed by atoms with E-state index < -0.39 is 6.04 Å². The smallest absolute Gasteiger partial charge is 0.249 e. The van der Waals surface area contributed by atoms with E-state index >= 15 is 0 Å². The lowest BCUT2D eigenvalue weighted by Gasteiger charge is -2.19. The Balaban J connectivity index is 1.58. The molecular formula is C27H28N2O4. The monoisotopic (exact) mass is 444 g/mol. The molecule has 0 heterocycles. The Hall–Kier alpha value is -3.90. The molecule has 0 radical (unpaired) electrons. The van der Waals surface area contributed by atoms with Gasteiger partial charge in [0.2, 0.25) is 11.8 Å². The summed E-state index contributed by atoms with van der Waals surface area (Å²) in [5.74, 6) is 0.795. The van der Waals surface area contributed by atoms with Crippen molar-refractivity contribution in [3.63, 3.8) is 0 Å². The minimum absolute atomic E-state index is 0.0513. The molecule has 170 valence electrons. The van der Waals surface area contributed by atoms with E-state index in [4.69, 9.17) is 9.47 Å². The first kappa shape index (κ1) is 23.8. The maximum absolute atomic E-state index is 12.9. The molecule has 1 unspecified atom stereocenters. The van der Waals surface area contributed by atoms with Crippen LogP contribution in [0.5, 0.6) is 11.5 Å². The van der Waals surface area contributed by atoms with Crippen LogP contribution in [0.3, 0.4) is 0 Å². The number of ether oxygens (including phenoxy) is 2. The second kappa shape index (κ2) is 12.8. The summed E-state index contributed by atoms with van der Waals surface area (Å²) >= 11 is 0. The maximum Gasteiger partial charge on any atom is 0.249 e. The van der Waals surface area contributed by atoms with E-state index in [0.717, 1.165) is 11.3 Å². The van der Waals surface area contributed by atoms with Crippen LogP contribution in [-0.2, 0) is 20.9 Å². The molecule has 0 aliphatic heterocycles. The number of nitrogens with one attached hydrogen (secondary N) is 2. The van der Waals surface area contributed by atoms with Crippen LogP contribution in [0.2, 0.25) is 0 Å². The third-order valence-corrected chi connectivity index (χ3v) is 4.72. The Bertz CT molecular complexity index is 1020. The molecule has 3 aromatic rings. The first-order chi connectivity index (χ1) is 16.1. The molecule has 3 rings (SSSR count). The van der Waals surface area contributed by atoms with Gasteiger partial charge >= 0.3 is 0 Å². The number of rotatable bonds is 12. The van der Waals surface area contributed by atoms with Gasteiger partial charge in [-0.15, -0.1) is 6.58 Å². The van der Waals surface area contributed by atoms with Gasteiger partial charge in [0, 0.05) is 12.1 Å². The molecule has 0 bridgehead atoms. The number of benzene rings is 3. The molecule has 0 saturated carbocycles. The number of hydrogen-bond donors (Lipinski definition) is 2. The zero-order chi connectivity index (χ0) is 23.3. The molecule has 2 N–H and O–H groups in total. The summed E-state index contributed by atoms with van der Waals surface area (Å²) < 4.78 is 11.5. The molecule has 2 amide bonds. The minimum Gasteiger partial charge on any atom is -0.457 e.